The minimum Gasteiger partial charge on any atom is -0.495 e. The SMILES string of the molecule is COc1ccc(Cl)cc1N1CC(C(=O)Nc2cc(C)nn2-c2nc(C)cc(C)n2)CC1=O. The van der Waals surface area contributed by atoms with Crippen molar-refractivity contribution < 1.29 is 14.3 Å². The topological polar surface area (TPSA) is 102 Å². The molecule has 1 fully saturated rings. The van der Waals surface area contributed by atoms with Crippen LogP contribution in [0, 0.1) is 26.7 Å². The first-order valence-electron chi connectivity index (χ1n) is 10.1. The summed E-state index contributed by atoms with van der Waals surface area (Å²) in [6.07, 6.45) is 0.0780. The minimum atomic E-state index is -0.546. The lowest BCUT2D eigenvalue weighted by Crippen LogP contribution is -2.29. The number of carbonyl (C=O) groups is 2. The van der Waals surface area contributed by atoms with Gasteiger partial charge in [-0.3, -0.25) is 9.59 Å². The molecule has 32 heavy (non-hydrogen) atoms. The Bertz CT molecular complexity index is 1190. The van der Waals surface area contributed by atoms with Crippen LogP contribution in [0.1, 0.15) is 23.5 Å². The number of methoxy groups -OCH3 is 1. The Labute approximate surface area is 190 Å². The molecule has 3 heterocycles. The average molecular weight is 455 g/mol. The molecule has 2 aromatic heterocycles. The number of hydrogen-bond donors (Lipinski definition) is 1. The molecule has 0 bridgehead atoms. The highest BCUT2D eigenvalue weighted by atomic mass is 35.5. The maximum Gasteiger partial charge on any atom is 0.252 e. The Morgan fingerprint density at radius 2 is 1.84 bits per heavy atom. The van der Waals surface area contributed by atoms with E-state index in [0.29, 0.717) is 33.9 Å². The molecule has 0 aliphatic carbocycles. The second-order valence-corrected chi connectivity index (χ2v) is 8.18. The third kappa shape index (κ3) is 4.29. The van der Waals surface area contributed by atoms with Crippen LogP contribution in [0.3, 0.4) is 0 Å². The molecule has 0 saturated carbocycles. The van der Waals surface area contributed by atoms with Crippen LogP contribution >= 0.6 is 11.6 Å². The number of aromatic nitrogens is 4. The fraction of sp³-hybridized carbons (Fsp3) is 0.318. The van der Waals surface area contributed by atoms with Gasteiger partial charge in [0.1, 0.15) is 11.6 Å². The molecule has 4 rings (SSSR count). The number of nitrogens with one attached hydrogen (secondary N) is 1. The normalized spacial score (nSPS) is 15.8. The van der Waals surface area contributed by atoms with E-state index in [1.54, 1.807) is 24.3 Å². The predicted molar refractivity (Wildman–Crippen MR) is 120 cm³/mol. The molecule has 1 aliphatic rings. The van der Waals surface area contributed by atoms with Crippen molar-refractivity contribution >= 4 is 34.9 Å². The van der Waals surface area contributed by atoms with Crippen LogP contribution in [-0.2, 0) is 9.59 Å². The molecule has 1 atom stereocenters. The molecule has 1 N–H and O–H groups in total. The molecule has 0 spiro atoms. The van der Waals surface area contributed by atoms with Gasteiger partial charge in [0.25, 0.3) is 5.95 Å². The largest absolute Gasteiger partial charge is 0.495 e. The van der Waals surface area contributed by atoms with E-state index in [1.807, 2.05) is 26.8 Å². The van der Waals surface area contributed by atoms with Crippen molar-refractivity contribution in [3.63, 3.8) is 0 Å². The maximum atomic E-state index is 13.1. The van der Waals surface area contributed by atoms with Crippen molar-refractivity contribution in [1.82, 2.24) is 19.7 Å². The van der Waals surface area contributed by atoms with E-state index in [4.69, 9.17) is 16.3 Å². The van der Waals surface area contributed by atoms with E-state index < -0.39 is 5.92 Å². The smallest absolute Gasteiger partial charge is 0.252 e. The predicted octanol–water partition coefficient (Wildman–Crippen LogP) is 3.24. The van der Waals surface area contributed by atoms with E-state index >= 15 is 0 Å². The fourth-order valence-electron chi connectivity index (χ4n) is 3.76. The fourth-order valence-corrected chi connectivity index (χ4v) is 3.93. The maximum absolute atomic E-state index is 13.1. The quantitative estimate of drug-likeness (QED) is 0.635. The number of benzene rings is 1. The van der Waals surface area contributed by atoms with Gasteiger partial charge in [-0.05, 0) is 45.0 Å². The Morgan fingerprint density at radius 1 is 1.12 bits per heavy atom. The van der Waals surface area contributed by atoms with Crippen LogP contribution in [-0.4, -0.2) is 45.2 Å². The third-order valence-corrected chi connectivity index (χ3v) is 5.41. The van der Waals surface area contributed by atoms with Crippen LogP contribution in [0.5, 0.6) is 5.75 Å². The lowest BCUT2D eigenvalue weighted by atomic mass is 10.1. The summed E-state index contributed by atoms with van der Waals surface area (Å²) in [5, 5.41) is 7.79. The Hall–Kier alpha value is -3.46. The van der Waals surface area contributed by atoms with Crippen molar-refractivity contribution in [3.05, 3.63) is 52.4 Å². The first kappa shape index (κ1) is 21.8. The summed E-state index contributed by atoms with van der Waals surface area (Å²) in [6, 6.07) is 8.65. The second-order valence-electron chi connectivity index (χ2n) is 7.74. The Kier molecular flexibility index (Phi) is 5.84. The zero-order chi connectivity index (χ0) is 23.0. The number of ether oxygens (including phenoxy) is 1. The molecule has 2 amide bonds. The monoisotopic (exact) mass is 454 g/mol. The number of halogens is 1. The van der Waals surface area contributed by atoms with Gasteiger partial charge in [-0.25, -0.2) is 9.97 Å². The highest BCUT2D eigenvalue weighted by Crippen LogP contribution is 2.35. The third-order valence-electron chi connectivity index (χ3n) is 5.17. The van der Waals surface area contributed by atoms with Crippen LogP contribution < -0.4 is 15.0 Å². The van der Waals surface area contributed by atoms with Gasteiger partial charge in [0.2, 0.25) is 11.8 Å². The van der Waals surface area contributed by atoms with Gasteiger partial charge in [0, 0.05) is 35.4 Å². The summed E-state index contributed by atoms with van der Waals surface area (Å²) >= 11 is 6.11. The number of hydrogen-bond acceptors (Lipinski definition) is 6. The van der Waals surface area contributed by atoms with Crippen molar-refractivity contribution in [2.24, 2.45) is 5.92 Å². The Balaban J connectivity index is 1.56. The Morgan fingerprint density at radius 3 is 2.53 bits per heavy atom. The van der Waals surface area contributed by atoms with E-state index in [0.717, 1.165) is 11.4 Å². The van der Waals surface area contributed by atoms with Gasteiger partial charge in [-0.2, -0.15) is 9.78 Å². The first-order valence-corrected chi connectivity index (χ1v) is 10.5. The molecule has 1 unspecified atom stereocenters. The molecule has 1 aliphatic heterocycles. The zero-order valence-electron chi connectivity index (χ0n) is 18.2. The zero-order valence-corrected chi connectivity index (χ0v) is 19.0. The number of amides is 2. The molecule has 1 aromatic carbocycles. The lowest BCUT2D eigenvalue weighted by Gasteiger charge is -2.20. The van der Waals surface area contributed by atoms with E-state index in [-0.39, 0.29) is 24.8 Å². The number of carbonyl (C=O) groups excluding carboxylic acids is 2. The number of anilines is 2. The van der Waals surface area contributed by atoms with Gasteiger partial charge in [-0.15, -0.1) is 0 Å². The summed E-state index contributed by atoms with van der Waals surface area (Å²) in [7, 11) is 1.52. The molecule has 9 nitrogen and oxygen atoms in total. The van der Waals surface area contributed by atoms with Crippen molar-refractivity contribution in [2.75, 3.05) is 23.9 Å². The second kappa shape index (κ2) is 8.58. The first-order chi connectivity index (χ1) is 15.2. The van der Waals surface area contributed by atoms with Crippen molar-refractivity contribution in [3.8, 4) is 11.7 Å². The van der Waals surface area contributed by atoms with E-state index in [2.05, 4.69) is 20.4 Å². The average Bonchev–Trinajstić information content (AvgIpc) is 3.29. The van der Waals surface area contributed by atoms with E-state index in [1.165, 1.54) is 16.7 Å². The molecular weight excluding hydrogens is 432 g/mol. The molecule has 166 valence electrons. The lowest BCUT2D eigenvalue weighted by molar-refractivity contribution is -0.122. The van der Waals surface area contributed by atoms with Crippen molar-refractivity contribution in [2.45, 2.75) is 27.2 Å². The number of aryl methyl sites for hydroxylation is 3. The van der Waals surface area contributed by atoms with Gasteiger partial charge >= 0.3 is 0 Å². The summed E-state index contributed by atoms with van der Waals surface area (Å²) in [5.74, 6) is 0.335. The van der Waals surface area contributed by atoms with Gasteiger partial charge in [0.05, 0.1) is 24.4 Å². The van der Waals surface area contributed by atoms with Gasteiger partial charge in [-0.1, -0.05) is 11.6 Å². The van der Waals surface area contributed by atoms with Crippen LogP contribution in [0.25, 0.3) is 5.95 Å². The highest BCUT2D eigenvalue weighted by molar-refractivity contribution is 6.31. The molecule has 3 aromatic rings. The summed E-state index contributed by atoms with van der Waals surface area (Å²) < 4.78 is 6.86. The summed E-state index contributed by atoms with van der Waals surface area (Å²) in [6.45, 7) is 5.78. The van der Waals surface area contributed by atoms with Gasteiger partial charge in [0.15, 0.2) is 0 Å². The summed E-state index contributed by atoms with van der Waals surface area (Å²) in [5.41, 5.74) is 2.84. The van der Waals surface area contributed by atoms with Crippen molar-refractivity contribution in [1.29, 1.82) is 0 Å². The van der Waals surface area contributed by atoms with Crippen LogP contribution in [0.2, 0.25) is 5.02 Å². The van der Waals surface area contributed by atoms with E-state index in [9.17, 15) is 9.59 Å². The summed E-state index contributed by atoms with van der Waals surface area (Å²) in [4.78, 5) is 36.1. The number of rotatable bonds is 5. The number of nitrogens with zero attached hydrogens (tertiary/aromatic N) is 5. The minimum absolute atomic E-state index is 0.0780. The standard InChI is InChI=1S/C22H23ClN6O3/c1-12-7-13(2)25-22(24-12)29-19(8-14(3)27-29)26-21(31)15-9-20(30)28(11-15)17-10-16(23)5-6-18(17)32-4/h5-8,10,15H,9,11H2,1-4H3,(H,26,31). The molecule has 10 heteroatoms. The molecule has 1 saturated heterocycles. The van der Waals surface area contributed by atoms with Gasteiger partial charge < -0.3 is 15.0 Å². The molecule has 0 radical (unpaired) electrons. The highest BCUT2D eigenvalue weighted by Gasteiger charge is 2.37. The van der Waals surface area contributed by atoms with Crippen LogP contribution in [0.15, 0.2) is 30.3 Å². The van der Waals surface area contributed by atoms with Crippen LogP contribution in [0.4, 0.5) is 11.5 Å². The molecular formula is C22H23ClN6O3.